The van der Waals surface area contributed by atoms with Gasteiger partial charge in [0.1, 0.15) is 11.4 Å². The first-order valence-electron chi connectivity index (χ1n) is 28.5. The molecule has 3 aliphatic heterocycles. The van der Waals surface area contributed by atoms with Crippen molar-refractivity contribution in [1.82, 2.24) is 30.3 Å². The highest BCUT2D eigenvalue weighted by atomic mass is 35.5. The second-order valence-corrected chi connectivity index (χ2v) is 23.0. The number of H-pyrrole nitrogens is 1. The van der Waals surface area contributed by atoms with Crippen molar-refractivity contribution in [1.29, 1.82) is 0 Å². The van der Waals surface area contributed by atoms with Crippen LogP contribution in [0, 0.1) is 17.8 Å². The zero-order valence-electron chi connectivity index (χ0n) is 47.5. The molecular formula is C63H75ClN8O10. The summed E-state index contributed by atoms with van der Waals surface area (Å²) in [6, 6.07) is 21.9. The summed E-state index contributed by atoms with van der Waals surface area (Å²) in [4.78, 5) is 130. The number of anilines is 1. The number of ether oxygens (including phenoxy) is 1. The number of alkyl halides is 1. The van der Waals surface area contributed by atoms with E-state index in [1.807, 2.05) is 63.4 Å². The Hall–Kier alpha value is -7.54. The van der Waals surface area contributed by atoms with Crippen molar-refractivity contribution in [3.8, 4) is 5.75 Å². The SMILES string of the molecule is CC(C)C[C@H](CC(=O)[C@@H](NC(=O)CCCN1C(=O)C=CC1=O)C(C)C)C(=O)N[C@@H](CCCCN)C(=O)Cc1ccc(C(=O)Cc2ccc3[nH]c(C(=O)N4C[C@@H](CCl)c5c4cc(OC(=O)N4CCN(C)CC4)c4ccccc54)cc3c2)cc1. The fourth-order valence-corrected chi connectivity index (χ4v) is 11.4. The summed E-state index contributed by atoms with van der Waals surface area (Å²) >= 11 is 6.58. The number of carbonyl (C=O) groups is 9. The number of nitrogens with two attached hydrogens (primary N) is 1. The van der Waals surface area contributed by atoms with Crippen LogP contribution in [-0.2, 0) is 41.6 Å². The molecule has 6 amide bonds. The summed E-state index contributed by atoms with van der Waals surface area (Å²) in [5, 5.41) is 8.14. The lowest BCUT2D eigenvalue weighted by molar-refractivity contribution is -0.137. The Morgan fingerprint density at radius 2 is 1.49 bits per heavy atom. The molecule has 1 saturated heterocycles. The van der Waals surface area contributed by atoms with Gasteiger partial charge in [-0.25, -0.2) is 4.79 Å². The van der Waals surface area contributed by atoms with Gasteiger partial charge in [0, 0.05) is 123 Å². The van der Waals surface area contributed by atoms with Crippen LogP contribution in [0.4, 0.5) is 10.5 Å². The first kappa shape index (κ1) is 60.6. The molecule has 0 bridgehead atoms. The van der Waals surface area contributed by atoms with Crippen LogP contribution in [0.1, 0.15) is 116 Å². The van der Waals surface area contributed by atoms with Crippen molar-refractivity contribution in [3.05, 3.63) is 119 Å². The van der Waals surface area contributed by atoms with E-state index in [1.165, 1.54) is 12.2 Å². The van der Waals surface area contributed by atoms with E-state index in [9.17, 15) is 43.2 Å². The third kappa shape index (κ3) is 14.7. The zero-order chi connectivity index (χ0) is 58.8. The van der Waals surface area contributed by atoms with E-state index in [-0.39, 0.29) is 85.5 Å². The maximum Gasteiger partial charge on any atom is 0.415 e. The number of amides is 6. The van der Waals surface area contributed by atoms with Crippen LogP contribution in [0.5, 0.6) is 5.75 Å². The van der Waals surface area contributed by atoms with Crippen LogP contribution in [0.2, 0.25) is 0 Å². The molecule has 4 atom stereocenters. The number of ketones is 3. The molecule has 0 unspecified atom stereocenters. The monoisotopic (exact) mass is 1140 g/mol. The molecule has 0 aliphatic carbocycles. The predicted molar refractivity (Wildman–Crippen MR) is 315 cm³/mol. The summed E-state index contributed by atoms with van der Waals surface area (Å²) in [6.07, 6.45) is 3.96. The number of aromatic amines is 1. The summed E-state index contributed by atoms with van der Waals surface area (Å²) in [5.74, 6) is -3.24. The van der Waals surface area contributed by atoms with Crippen LogP contribution < -0.4 is 26.0 Å². The number of aromatic nitrogens is 1. The summed E-state index contributed by atoms with van der Waals surface area (Å²) < 4.78 is 6.08. The van der Waals surface area contributed by atoms with Gasteiger partial charge in [0.05, 0.1) is 17.8 Å². The van der Waals surface area contributed by atoms with E-state index in [1.54, 1.807) is 60.0 Å². The number of piperazine rings is 1. The average Bonchev–Trinajstić information content (AvgIpc) is 3.98. The van der Waals surface area contributed by atoms with E-state index >= 15 is 0 Å². The molecule has 0 spiro atoms. The molecule has 1 aromatic heterocycles. The fourth-order valence-electron chi connectivity index (χ4n) is 11.2. The Balaban J connectivity index is 0.889. The molecule has 5 aromatic rings. The molecule has 19 heteroatoms. The topological polar surface area (TPSA) is 242 Å². The van der Waals surface area contributed by atoms with Crippen molar-refractivity contribution >= 4 is 91.9 Å². The van der Waals surface area contributed by atoms with Gasteiger partial charge >= 0.3 is 6.09 Å². The van der Waals surface area contributed by atoms with E-state index in [0.29, 0.717) is 85.6 Å². The van der Waals surface area contributed by atoms with Crippen LogP contribution in [-0.4, -0.2) is 143 Å². The third-order valence-electron chi connectivity index (χ3n) is 15.7. The minimum Gasteiger partial charge on any atom is -0.409 e. The van der Waals surface area contributed by atoms with Crippen molar-refractivity contribution in [2.45, 2.75) is 103 Å². The minimum atomic E-state index is -0.880. The molecule has 5 N–H and O–H groups in total. The number of Topliss-reactive ketones (excluding diaryl/α,β-unsaturated/α-hetero) is 3. The van der Waals surface area contributed by atoms with Gasteiger partial charge in [-0.15, -0.1) is 11.6 Å². The number of nitrogens with one attached hydrogen (secondary N) is 3. The molecule has 18 nitrogen and oxygen atoms in total. The van der Waals surface area contributed by atoms with Gasteiger partial charge < -0.3 is 40.8 Å². The number of hydrogen-bond donors (Lipinski definition) is 4. The number of nitrogens with zero attached hydrogens (tertiary/aromatic N) is 4. The van der Waals surface area contributed by atoms with Crippen LogP contribution >= 0.6 is 11.6 Å². The van der Waals surface area contributed by atoms with Gasteiger partial charge in [-0.1, -0.05) is 82.3 Å². The quantitative estimate of drug-likeness (QED) is 0.0181. The summed E-state index contributed by atoms with van der Waals surface area (Å²) in [6.45, 7) is 10.9. The van der Waals surface area contributed by atoms with E-state index in [2.05, 4.69) is 20.5 Å². The summed E-state index contributed by atoms with van der Waals surface area (Å²) in [5.41, 5.74) is 10.3. The molecule has 4 heterocycles. The van der Waals surface area contributed by atoms with Gasteiger partial charge in [0.2, 0.25) is 11.8 Å². The number of carbonyl (C=O) groups excluding carboxylic acids is 9. The summed E-state index contributed by atoms with van der Waals surface area (Å²) in [7, 11) is 2.02. The molecule has 0 radical (unpaired) electrons. The average molecular weight is 1140 g/mol. The lowest BCUT2D eigenvalue weighted by Gasteiger charge is -2.31. The Labute approximate surface area is 483 Å². The van der Waals surface area contributed by atoms with Crippen LogP contribution in [0.25, 0.3) is 21.7 Å². The highest BCUT2D eigenvalue weighted by molar-refractivity contribution is 6.19. The highest BCUT2D eigenvalue weighted by Crippen LogP contribution is 2.46. The lowest BCUT2D eigenvalue weighted by Crippen LogP contribution is -2.48. The van der Waals surface area contributed by atoms with Crippen LogP contribution in [0.15, 0.2) is 91.0 Å². The number of rotatable bonds is 26. The highest BCUT2D eigenvalue weighted by Gasteiger charge is 2.37. The van der Waals surface area contributed by atoms with Crippen molar-refractivity contribution in [2.75, 3.05) is 63.6 Å². The van der Waals surface area contributed by atoms with Crippen molar-refractivity contribution in [3.63, 3.8) is 0 Å². The second kappa shape index (κ2) is 27.5. The Morgan fingerprint density at radius 3 is 2.16 bits per heavy atom. The smallest absolute Gasteiger partial charge is 0.409 e. The Bertz CT molecular complexity index is 3240. The van der Waals surface area contributed by atoms with Gasteiger partial charge in [0.25, 0.3) is 17.7 Å². The maximum atomic E-state index is 14.5. The number of hydrogen-bond acceptors (Lipinski definition) is 12. The molecule has 0 saturated carbocycles. The Kier molecular flexibility index (Phi) is 20.3. The normalized spacial score (nSPS) is 16.5. The standard InChI is InChI=1S/C63H75ClN8O10/c1-38(2)29-44(34-54(75)60(39(3)4)68-56(76)14-10-24-71-57(77)21-22-58(71)78)61(79)67-49(13-8-9-23-65)53(74)31-40-15-18-42(19-16-40)52(73)32-41-17-20-48-43(30-41)33-50(66-48)62(80)72-37-45(36-64)59-47-12-7-6-11-46(47)55(35-51(59)72)82-63(81)70-27-25-69(5)26-28-70/h6-7,11-12,15-22,30,33,35,38-39,44-45,49,60,66H,8-10,13-14,23-29,31-32,34,36-37,65H2,1-5H3,(H,67,79)(H,68,76)/t44-,45-,49+,60+/m1/s1. The first-order chi connectivity index (χ1) is 39.3. The number of fused-ring (bicyclic) bond motifs is 4. The van der Waals surface area contributed by atoms with E-state index in [4.69, 9.17) is 22.1 Å². The molecule has 82 heavy (non-hydrogen) atoms. The minimum absolute atomic E-state index is 0.0116. The second-order valence-electron chi connectivity index (χ2n) is 22.7. The third-order valence-corrected chi connectivity index (χ3v) is 16.1. The largest absolute Gasteiger partial charge is 0.415 e. The first-order valence-corrected chi connectivity index (χ1v) is 29.1. The van der Waals surface area contributed by atoms with Crippen LogP contribution in [0.3, 0.4) is 0 Å². The lowest BCUT2D eigenvalue weighted by atomic mass is 9.86. The van der Waals surface area contributed by atoms with Gasteiger partial charge in [0.15, 0.2) is 17.3 Å². The number of likely N-dealkylation sites (N-methyl/N-ethyl adjacent to an activating group) is 1. The molecule has 1 fully saturated rings. The van der Waals surface area contributed by atoms with Crippen molar-refractivity contribution < 1.29 is 47.9 Å². The van der Waals surface area contributed by atoms with Gasteiger partial charge in [-0.05, 0) is 97.8 Å². The Morgan fingerprint density at radius 1 is 0.793 bits per heavy atom. The fraction of sp³-hybridized carbons (Fsp3) is 0.444. The molecule has 3 aliphatic rings. The van der Waals surface area contributed by atoms with Gasteiger partial charge in [-0.3, -0.25) is 43.3 Å². The number of halogens is 1. The number of benzene rings is 4. The molecule has 434 valence electrons. The van der Waals surface area contributed by atoms with Gasteiger partial charge in [-0.2, -0.15) is 0 Å². The molecular weight excluding hydrogens is 1060 g/mol. The zero-order valence-corrected chi connectivity index (χ0v) is 48.2. The number of imide groups is 1. The predicted octanol–water partition coefficient (Wildman–Crippen LogP) is 7.67. The molecule has 8 rings (SSSR count). The van der Waals surface area contributed by atoms with E-state index in [0.717, 1.165) is 45.3 Å². The number of unbranched alkanes of at least 4 members (excludes halogenated alkanes) is 1. The maximum absolute atomic E-state index is 14.5. The van der Waals surface area contributed by atoms with E-state index < -0.39 is 47.7 Å². The van der Waals surface area contributed by atoms with Crippen molar-refractivity contribution in [2.24, 2.45) is 23.5 Å². The molecule has 4 aromatic carbocycles.